The van der Waals surface area contributed by atoms with Gasteiger partial charge in [-0.05, 0) is 0 Å². The van der Waals surface area contributed by atoms with Gasteiger partial charge in [0, 0.05) is 0 Å². The Morgan fingerprint density at radius 3 is 1.54 bits per heavy atom. The van der Waals surface area contributed by atoms with Gasteiger partial charge in [0.15, 0.2) is 0 Å². The molecule has 0 aromatic carbocycles. The van der Waals surface area contributed by atoms with E-state index in [2.05, 4.69) is 84.0 Å². The summed E-state index contributed by atoms with van der Waals surface area (Å²) in [4.78, 5) is 20.9. The maximum absolute atomic E-state index is 5.20. The molecule has 0 N–H and O–H groups in total. The number of hydrogen-bond acceptors (Lipinski definition) is 2. The van der Waals surface area contributed by atoms with Crippen LogP contribution in [-0.2, 0) is 0 Å². The minimum absolute atomic E-state index is 0.289. The van der Waals surface area contributed by atoms with Gasteiger partial charge in [0.1, 0.15) is 0 Å². The van der Waals surface area contributed by atoms with Crippen molar-refractivity contribution in [2.45, 2.75) is 142 Å². The summed E-state index contributed by atoms with van der Waals surface area (Å²) in [6.07, 6.45) is 26.8. The summed E-state index contributed by atoms with van der Waals surface area (Å²) in [5.41, 5.74) is 3.28. The fourth-order valence-corrected chi connectivity index (χ4v) is 33.2. The summed E-state index contributed by atoms with van der Waals surface area (Å²) in [5.74, 6) is 0. The summed E-state index contributed by atoms with van der Waals surface area (Å²) in [6, 6.07) is 0. The van der Waals surface area contributed by atoms with E-state index < -0.39 is 36.8 Å². The van der Waals surface area contributed by atoms with Gasteiger partial charge in [0.05, 0.1) is 0 Å². The second kappa shape index (κ2) is 16.7. The van der Waals surface area contributed by atoms with Crippen LogP contribution < -0.4 is 0 Å². The summed E-state index contributed by atoms with van der Waals surface area (Å²) in [6.45, 7) is 4.62. The number of aromatic nitrogens is 1. The summed E-state index contributed by atoms with van der Waals surface area (Å²) >= 11 is -2.29. The molecule has 39 heavy (non-hydrogen) atoms. The average Bonchev–Trinajstić information content (AvgIpc) is 3.60. The van der Waals surface area contributed by atoms with E-state index in [4.69, 9.17) is 4.98 Å². The molecule has 1 aromatic heterocycles. The molecule has 0 bridgehead atoms. The molecule has 222 valence electrons. The summed E-state index contributed by atoms with van der Waals surface area (Å²) < 4.78 is 6.73. The van der Waals surface area contributed by atoms with E-state index in [1.54, 1.807) is 15.4 Å². The van der Waals surface area contributed by atoms with Crippen LogP contribution in [0.15, 0.2) is 54.7 Å². The van der Waals surface area contributed by atoms with Gasteiger partial charge in [-0.2, -0.15) is 0 Å². The summed E-state index contributed by atoms with van der Waals surface area (Å²) in [7, 11) is -0.627. The molecule has 2 aliphatic rings. The van der Waals surface area contributed by atoms with Crippen molar-refractivity contribution in [1.29, 1.82) is 0 Å². The quantitative estimate of drug-likeness (QED) is 0.0856. The molecule has 6 heteroatoms. The zero-order chi connectivity index (χ0) is 28.5. The van der Waals surface area contributed by atoms with Gasteiger partial charge in [-0.25, -0.2) is 0 Å². The van der Waals surface area contributed by atoms with Crippen LogP contribution in [0.5, 0.6) is 0 Å². The van der Waals surface area contributed by atoms with Crippen molar-refractivity contribution < 1.29 is 0 Å². The molecule has 2 atom stereocenters. The predicted octanol–water partition coefficient (Wildman–Crippen LogP) is 12.7. The van der Waals surface area contributed by atoms with Crippen LogP contribution in [0.25, 0.3) is 0 Å². The SMILES string of the molecule is CCCCCCCCC1=C[SH](c2cnc([SH]3C=C(CCCCCCCC)C=[C]3[Sn]([CH3])([CH3])[CH3])s2)[C]([Sn]([CH3])([CH3])[CH3])=C1. The van der Waals surface area contributed by atoms with Gasteiger partial charge in [-0.1, -0.05) is 0 Å². The Morgan fingerprint density at radius 2 is 1.05 bits per heavy atom. The van der Waals surface area contributed by atoms with Crippen molar-refractivity contribution in [1.82, 2.24) is 4.98 Å². The number of nitrogens with zero attached hydrogens (tertiary/aromatic N) is 1. The molecule has 0 radical (unpaired) electrons. The van der Waals surface area contributed by atoms with Crippen molar-refractivity contribution in [2.24, 2.45) is 0 Å². The van der Waals surface area contributed by atoms with Crippen LogP contribution in [0.1, 0.15) is 104 Å². The van der Waals surface area contributed by atoms with Crippen LogP contribution >= 0.6 is 33.1 Å². The van der Waals surface area contributed by atoms with Crippen molar-refractivity contribution in [2.75, 3.05) is 0 Å². The molecule has 0 saturated heterocycles. The van der Waals surface area contributed by atoms with Crippen molar-refractivity contribution >= 4 is 69.9 Å². The van der Waals surface area contributed by atoms with Gasteiger partial charge < -0.3 is 0 Å². The van der Waals surface area contributed by atoms with E-state index in [9.17, 15) is 0 Å². The third-order valence-electron chi connectivity index (χ3n) is 7.85. The van der Waals surface area contributed by atoms with Crippen molar-refractivity contribution in [3.05, 3.63) is 46.2 Å². The molecule has 0 amide bonds. The maximum atomic E-state index is 5.20. The Balaban J connectivity index is 1.71. The minimum atomic E-state index is -2.20. The number of hydrogen-bond donors (Lipinski definition) is 2. The number of thiazole rings is 1. The first-order valence-electron chi connectivity index (χ1n) is 15.9. The van der Waals surface area contributed by atoms with Gasteiger partial charge in [0.25, 0.3) is 0 Å². The average molecular weight is 803 g/mol. The van der Waals surface area contributed by atoms with Crippen molar-refractivity contribution in [3.8, 4) is 0 Å². The second-order valence-electron chi connectivity index (χ2n) is 13.7. The number of thiol groups is 2. The standard InChI is InChI=1S/C27H41NS3.6CH3.2Sn/c1-3-5-7-9-11-13-15-24-17-19-30(22-24)26-21-28-27(29-26)31-20-18-25(23-31)16-14-12-10-8-6-4-2;;;;;;;;/h17-18,21-23,30-31H,3-16H2,1-2H3;6*1H3;;. The van der Waals surface area contributed by atoms with Gasteiger partial charge in [0.2, 0.25) is 0 Å². The molecule has 0 spiro atoms. The Labute approximate surface area is 260 Å². The Hall–Kier alpha value is 0.887. The second-order valence-corrected chi connectivity index (χ2v) is 50.4. The molecule has 0 saturated carbocycles. The Kier molecular flexibility index (Phi) is 14.7. The van der Waals surface area contributed by atoms with Gasteiger partial charge in [-0.15, -0.1) is 0 Å². The molecule has 3 heterocycles. The van der Waals surface area contributed by atoms with Crippen LogP contribution in [0, 0.1) is 0 Å². The normalized spacial score (nSPS) is 21.6. The fraction of sp³-hybridized carbons (Fsp3) is 0.667. The third kappa shape index (κ3) is 10.8. The summed E-state index contributed by atoms with van der Waals surface area (Å²) in [5, 5.41) is 5.39. The zero-order valence-corrected chi connectivity index (χ0v) is 34.8. The fourth-order valence-electron chi connectivity index (χ4n) is 5.50. The predicted molar refractivity (Wildman–Crippen MR) is 192 cm³/mol. The number of rotatable bonds is 18. The molecule has 2 aliphatic heterocycles. The monoisotopic (exact) mass is 805 g/mol. The van der Waals surface area contributed by atoms with Gasteiger partial charge >= 0.3 is 263 Å². The topological polar surface area (TPSA) is 12.9 Å². The van der Waals surface area contributed by atoms with E-state index in [0.717, 1.165) is 0 Å². The third-order valence-corrected chi connectivity index (χ3v) is 36.5. The molecule has 0 aliphatic carbocycles. The van der Waals surface area contributed by atoms with Gasteiger partial charge in [-0.3, -0.25) is 0 Å². The molecule has 1 aromatic rings. The van der Waals surface area contributed by atoms with Crippen molar-refractivity contribution in [3.63, 3.8) is 0 Å². The Bertz CT molecular complexity index is 956. The van der Waals surface area contributed by atoms with E-state index in [0.29, 0.717) is 0 Å². The molecule has 0 fully saturated rings. The van der Waals surface area contributed by atoms with Crippen LogP contribution in [0.3, 0.4) is 0 Å². The molecule has 1 nitrogen and oxygen atoms in total. The first kappa shape index (κ1) is 34.4. The van der Waals surface area contributed by atoms with E-state index in [1.165, 1.54) is 94.2 Å². The first-order chi connectivity index (χ1) is 18.5. The number of allylic oxidation sites excluding steroid dienone is 4. The first-order valence-corrected chi connectivity index (χ1v) is 39.6. The van der Waals surface area contributed by atoms with Crippen LogP contribution in [0.4, 0.5) is 0 Å². The molecular weight excluding hydrogens is 744 g/mol. The van der Waals surface area contributed by atoms with Crippen LogP contribution in [0.2, 0.25) is 29.6 Å². The zero-order valence-electron chi connectivity index (χ0n) is 26.5. The molecule has 3 rings (SSSR count). The van der Waals surface area contributed by atoms with E-state index in [-0.39, 0.29) is 21.8 Å². The molecule has 2 unspecified atom stereocenters. The Morgan fingerprint density at radius 1 is 0.615 bits per heavy atom. The van der Waals surface area contributed by atoms with E-state index in [1.807, 2.05) is 5.84 Å². The molecular formula is C33H59NS3Sn2. The van der Waals surface area contributed by atoms with Crippen LogP contribution in [-0.4, -0.2) is 41.7 Å². The van der Waals surface area contributed by atoms with E-state index >= 15 is 0 Å². The number of unbranched alkanes of at least 4 members (excludes halogenated alkanes) is 10.